The van der Waals surface area contributed by atoms with Gasteiger partial charge in [-0.05, 0) is 23.6 Å². The minimum Gasteiger partial charge on any atom is -0.483 e. The zero-order valence-electron chi connectivity index (χ0n) is 14.4. The summed E-state index contributed by atoms with van der Waals surface area (Å²) in [6.07, 6.45) is -4.57. The third-order valence-corrected chi connectivity index (χ3v) is 3.93. The average Bonchev–Trinajstić information content (AvgIpc) is 2.54. The summed E-state index contributed by atoms with van der Waals surface area (Å²) in [6, 6.07) is 1.49. The van der Waals surface area contributed by atoms with Crippen molar-refractivity contribution < 1.29 is 27.0 Å². The van der Waals surface area contributed by atoms with E-state index in [0.29, 0.717) is 17.9 Å². The molecule has 8 heteroatoms. The number of alkyl halides is 3. The fourth-order valence-corrected chi connectivity index (χ4v) is 2.59. The van der Waals surface area contributed by atoms with Crippen molar-refractivity contribution in [3.63, 3.8) is 0 Å². The van der Waals surface area contributed by atoms with Crippen LogP contribution in [0.4, 0.5) is 17.6 Å². The zero-order valence-corrected chi connectivity index (χ0v) is 14.4. The van der Waals surface area contributed by atoms with Crippen molar-refractivity contribution in [2.45, 2.75) is 38.5 Å². The van der Waals surface area contributed by atoms with Gasteiger partial charge < -0.3 is 9.47 Å². The third-order valence-electron chi connectivity index (χ3n) is 3.93. The molecule has 1 aromatic carbocycles. The molecule has 0 fully saturated rings. The van der Waals surface area contributed by atoms with Crippen molar-refractivity contribution in [2.24, 2.45) is 15.9 Å². The Labute approximate surface area is 143 Å². The number of hydrogen-bond donors (Lipinski definition) is 0. The molecule has 0 bridgehead atoms. The van der Waals surface area contributed by atoms with Crippen LogP contribution in [0.3, 0.4) is 0 Å². The van der Waals surface area contributed by atoms with Gasteiger partial charge in [-0.2, -0.15) is 13.2 Å². The number of ether oxygens (including phenoxy) is 2. The number of hydrogen-bond acceptors (Lipinski definition) is 4. The third kappa shape index (κ3) is 4.29. The van der Waals surface area contributed by atoms with Crippen LogP contribution in [0.15, 0.2) is 28.2 Å². The van der Waals surface area contributed by atoms with E-state index >= 15 is 0 Å². The van der Waals surface area contributed by atoms with Crippen LogP contribution in [-0.2, 0) is 22.1 Å². The van der Waals surface area contributed by atoms with Gasteiger partial charge in [-0.25, -0.2) is 14.4 Å². The quantitative estimate of drug-likeness (QED) is 0.768. The molecule has 4 nitrogen and oxygen atoms in total. The van der Waals surface area contributed by atoms with Crippen LogP contribution in [0, 0.1) is 11.7 Å². The lowest BCUT2D eigenvalue weighted by Crippen LogP contribution is -2.38. The van der Waals surface area contributed by atoms with E-state index in [-0.39, 0.29) is 23.9 Å². The van der Waals surface area contributed by atoms with E-state index in [2.05, 4.69) is 9.98 Å². The van der Waals surface area contributed by atoms with Crippen molar-refractivity contribution in [1.82, 2.24) is 0 Å². The zero-order chi connectivity index (χ0) is 18.8. The Balaban J connectivity index is 2.30. The van der Waals surface area contributed by atoms with Crippen LogP contribution >= 0.6 is 0 Å². The van der Waals surface area contributed by atoms with Crippen LogP contribution in [0.2, 0.25) is 0 Å². The smallest absolute Gasteiger partial charge is 0.416 e. The molecule has 2 rings (SSSR count). The Bertz CT molecular complexity index is 684. The van der Waals surface area contributed by atoms with Crippen LogP contribution in [0.1, 0.15) is 25.0 Å². The van der Waals surface area contributed by atoms with Gasteiger partial charge in [-0.1, -0.05) is 19.9 Å². The molecule has 0 amide bonds. The van der Waals surface area contributed by atoms with E-state index in [1.807, 2.05) is 13.8 Å². The molecule has 138 valence electrons. The highest BCUT2D eigenvalue weighted by molar-refractivity contribution is 5.94. The normalized spacial score (nSPS) is 21.0. The summed E-state index contributed by atoms with van der Waals surface area (Å²) in [5.74, 6) is -0.120. The first-order valence-corrected chi connectivity index (χ1v) is 7.76. The maximum atomic E-state index is 14.1. The molecule has 1 aromatic rings. The van der Waals surface area contributed by atoms with E-state index in [0.717, 1.165) is 12.1 Å². The summed E-state index contributed by atoms with van der Waals surface area (Å²) >= 11 is 0. The van der Waals surface area contributed by atoms with E-state index in [4.69, 9.17) is 9.47 Å². The molecule has 0 saturated heterocycles. The van der Waals surface area contributed by atoms with Crippen molar-refractivity contribution >= 4 is 11.8 Å². The molecular weight excluding hydrogens is 340 g/mol. The molecule has 0 aromatic heterocycles. The Morgan fingerprint density at radius 2 is 1.72 bits per heavy atom. The number of nitrogens with zero attached hydrogens (tertiary/aromatic N) is 2. The first kappa shape index (κ1) is 19.2. The fourth-order valence-electron chi connectivity index (χ4n) is 2.59. The van der Waals surface area contributed by atoms with E-state index in [1.54, 1.807) is 0 Å². The predicted molar refractivity (Wildman–Crippen MR) is 86.4 cm³/mol. The van der Waals surface area contributed by atoms with Gasteiger partial charge in [0.05, 0.1) is 19.8 Å². The first-order chi connectivity index (χ1) is 11.7. The molecule has 1 heterocycles. The van der Waals surface area contributed by atoms with Crippen molar-refractivity contribution in [2.75, 3.05) is 14.2 Å². The molecule has 1 aliphatic heterocycles. The van der Waals surface area contributed by atoms with Crippen molar-refractivity contribution in [3.05, 3.63) is 35.1 Å². The summed E-state index contributed by atoms with van der Waals surface area (Å²) in [4.78, 5) is 8.86. The summed E-state index contributed by atoms with van der Waals surface area (Å²) in [6.45, 7) is 3.90. The number of methoxy groups -OCH3 is 2. The predicted octanol–water partition coefficient (Wildman–Crippen LogP) is 3.88. The van der Waals surface area contributed by atoms with Gasteiger partial charge in [-0.3, -0.25) is 0 Å². The molecule has 25 heavy (non-hydrogen) atoms. The summed E-state index contributed by atoms with van der Waals surface area (Å²) in [7, 11) is 2.90. The minimum absolute atomic E-state index is 0.0221. The second kappa shape index (κ2) is 7.41. The molecule has 2 atom stereocenters. The Kier molecular flexibility index (Phi) is 5.69. The summed E-state index contributed by atoms with van der Waals surface area (Å²) < 4.78 is 62.5. The Morgan fingerprint density at radius 1 is 1.08 bits per heavy atom. The monoisotopic (exact) mass is 360 g/mol. The lowest BCUT2D eigenvalue weighted by molar-refractivity contribution is -0.137. The van der Waals surface area contributed by atoms with E-state index < -0.39 is 23.6 Å². The molecule has 1 aliphatic rings. The fraction of sp³-hybridized carbons (Fsp3) is 0.529. The summed E-state index contributed by atoms with van der Waals surface area (Å²) in [5.41, 5.74) is -0.927. The molecule has 0 spiro atoms. The highest BCUT2D eigenvalue weighted by Crippen LogP contribution is 2.31. The topological polar surface area (TPSA) is 43.2 Å². The minimum atomic E-state index is -4.59. The number of halogens is 4. The molecule has 0 aliphatic carbocycles. The van der Waals surface area contributed by atoms with Gasteiger partial charge in [0, 0.05) is 6.42 Å². The second-order valence-corrected chi connectivity index (χ2v) is 6.06. The number of benzene rings is 1. The Morgan fingerprint density at radius 3 is 2.20 bits per heavy atom. The highest BCUT2D eigenvalue weighted by atomic mass is 19.4. The Hall–Kier alpha value is -2.12. The lowest BCUT2D eigenvalue weighted by atomic mass is 9.99. The van der Waals surface area contributed by atoms with Gasteiger partial charge in [-0.15, -0.1) is 0 Å². The van der Waals surface area contributed by atoms with Gasteiger partial charge in [0.1, 0.15) is 17.9 Å². The van der Waals surface area contributed by atoms with Crippen molar-refractivity contribution in [1.29, 1.82) is 0 Å². The van der Waals surface area contributed by atoms with Gasteiger partial charge >= 0.3 is 6.18 Å². The number of rotatable bonds is 3. The molecule has 0 radical (unpaired) electrons. The van der Waals surface area contributed by atoms with Crippen LogP contribution < -0.4 is 0 Å². The second-order valence-electron chi connectivity index (χ2n) is 6.06. The van der Waals surface area contributed by atoms with Crippen molar-refractivity contribution in [3.8, 4) is 0 Å². The highest BCUT2D eigenvalue weighted by Gasteiger charge is 2.33. The summed E-state index contributed by atoms with van der Waals surface area (Å²) in [5, 5.41) is 0. The van der Waals surface area contributed by atoms with Gasteiger partial charge in [0.2, 0.25) is 11.8 Å². The van der Waals surface area contributed by atoms with Crippen LogP contribution in [0.5, 0.6) is 0 Å². The standard InChI is InChI=1S/C17H20F4N2O2/c1-9(2)14-16(25-4)22-13(15(23-14)24-3)7-10-5-6-11(8-12(10)18)17(19,20)21/h5-6,8-9,13-14H,7H2,1-4H3. The van der Waals surface area contributed by atoms with E-state index in [1.165, 1.54) is 14.2 Å². The molecule has 0 saturated carbocycles. The average molecular weight is 360 g/mol. The maximum Gasteiger partial charge on any atom is 0.416 e. The largest absolute Gasteiger partial charge is 0.483 e. The van der Waals surface area contributed by atoms with Gasteiger partial charge in [0.25, 0.3) is 0 Å². The SMILES string of the molecule is COC1=NC(C(C)C)C(OC)=NC1Cc1ccc(C(F)(F)F)cc1F. The lowest BCUT2D eigenvalue weighted by Gasteiger charge is -2.27. The van der Waals surface area contributed by atoms with Crippen LogP contribution in [-0.4, -0.2) is 38.1 Å². The van der Waals surface area contributed by atoms with Crippen LogP contribution in [0.25, 0.3) is 0 Å². The van der Waals surface area contributed by atoms with E-state index in [9.17, 15) is 17.6 Å². The molecular formula is C17H20F4N2O2. The van der Waals surface area contributed by atoms with Gasteiger partial charge in [0.15, 0.2) is 0 Å². The maximum absolute atomic E-state index is 14.1. The number of aliphatic imine (C=N–C) groups is 2. The molecule has 2 unspecified atom stereocenters. The molecule has 0 N–H and O–H groups in total. The first-order valence-electron chi connectivity index (χ1n) is 7.76.